The van der Waals surface area contributed by atoms with Crippen molar-refractivity contribution in [3.8, 4) is 0 Å². The predicted molar refractivity (Wildman–Crippen MR) is 148 cm³/mol. The van der Waals surface area contributed by atoms with E-state index in [1.54, 1.807) is 17.0 Å². The molecule has 0 bridgehead atoms. The third kappa shape index (κ3) is 6.28. The Morgan fingerprint density at radius 2 is 1.76 bits per heavy atom. The average molecular weight is 550 g/mol. The lowest BCUT2D eigenvalue weighted by molar-refractivity contribution is -0.156. The van der Waals surface area contributed by atoms with Crippen LogP contribution in [0, 0.1) is 22.7 Å². The van der Waals surface area contributed by atoms with E-state index in [4.69, 9.17) is 11.6 Å². The smallest absolute Gasteiger partial charge is 0.407 e. The van der Waals surface area contributed by atoms with E-state index in [9.17, 15) is 24.6 Å². The zero-order chi connectivity index (χ0) is 28.6. The largest absolute Gasteiger partial charge is 0.465 e. The second-order valence-electron chi connectivity index (χ2n) is 13.2. The van der Waals surface area contributed by atoms with Gasteiger partial charge in [0.05, 0.1) is 5.60 Å². The van der Waals surface area contributed by atoms with Crippen molar-refractivity contribution in [1.29, 1.82) is 0 Å². The number of hydrogen-bond acceptors (Lipinski definition) is 4. The van der Waals surface area contributed by atoms with E-state index in [0.717, 1.165) is 5.56 Å². The van der Waals surface area contributed by atoms with Crippen molar-refractivity contribution in [1.82, 2.24) is 15.1 Å². The molecule has 2 heterocycles. The molecule has 38 heavy (non-hydrogen) atoms. The molecule has 1 aromatic rings. The molecule has 212 valence electrons. The van der Waals surface area contributed by atoms with Crippen molar-refractivity contribution in [3.63, 3.8) is 0 Å². The molecule has 1 aromatic carbocycles. The summed E-state index contributed by atoms with van der Waals surface area (Å²) >= 11 is 6.04. The minimum Gasteiger partial charge on any atom is -0.465 e. The van der Waals surface area contributed by atoms with Gasteiger partial charge in [-0.25, -0.2) is 4.79 Å². The van der Waals surface area contributed by atoms with E-state index in [1.165, 1.54) is 4.90 Å². The molecule has 2 unspecified atom stereocenters. The lowest BCUT2D eigenvalue weighted by atomic mass is 9.66. The van der Waals surface area contributed by atoms with Crippen LogP contribution in [0.1, 0.15) is 73.3 Å². The molecule has 2 aliphatic heterocycles. The maximum absolute atomic E-state index is 13.6. The predicted octanol–water partition coefficient (Wildman–Crippen LogP) is 4.73. The molecule has 2 fully saturated rings. The van der Waals surface area contributed by atoms with Gasteiger partial charge >= 0.3 is 6.09 Å². The minimum atomic E-state index is -1.12. The fourth-order valence-corrected chi connectivity index (χ4v) is 6.21. The fourth-order valence-electron chi connectivity index (χ4n) is 6.08. The van der Waals surface area contributed by atoms with Gasteiger partial charge in [0, 0.05) is 42.5 Å². The van der Waals surface area contributed by atoms with Crippen molar-refractivity contribution < 1.29 is 24.6 Å². The van der Waals surface area contributed by atoms with Gasteiger partial charge in [-0.2, -0.15) is 0 Å². The number of aliphatic hydroxyl groups is 1. The maximum atomic E-state index is 13.6. The summed E-state index contributed by atoms with van der Waals surface area (Å²) in [5, 5.41) is 24.9. The van der Waals surface area contributed by atoms with Crippen LogP contribution in [-0.4, -0.2) is 69.6 Å². The molecular weight excluding hydrogens is 506 g/mol. The van der Waals surface area contributed by atoms with Crippen molar-refractivity contribution >= 4 is 29.5 Å². The number of hydrogen-bond donors (Lipinski definition) is 3. The Labute approximate surface area is 231 Å². The second-order valence-corrected chi connectivity index (χ2v) is 13.6. The van der Waals surface area contributed by atoms with Gasteiger partial charge in [-0.05, 0) is 47.8 Å². The normalized spacial score (nSPS) is 26.4. The first-order valence-corrected chi connectivity index (χ1v) is 13.9. The van der Waals surface area contributed by atoms with E-state index < -0.39 is 23.2 Å². The molecular formula is C29H44ClN3O5. The highest BCUT2D eigenvalue weighted by atomic mass is 35.5. The van der Waals surface area contributed by atoms with Gasteiger partial charge in [-0.1, -0.05) is 72.2 Å². The Hall–Kier alpha value is -2.32. The summed E-state index contributed by atoms with van der Waals surface area (Å²) in [7, 11) is 0. The highest BCUT2D eigenvalue weighted by Crippen LogP contribution is 2.46. The number of benzene rings is 1. The third-order valence-corrected chi connectivity index (χ3v) is 8.69. The van der Waals surface area contributed by atoms with Gasteiger partial charge < -0.3 is 25.3 Å². The second kappa shape index (κ2) is 11.0. The lowest BCUT2D eigenvalue weighted by Crippen LogP contribution is -2.60. The molecule has 0 aliphatic carbocycles. The Morgan fingerprint density at radius 3 is 2.24 bits per heavy atom. The number of nitrogens with one attached hydrogen (secondary N) is 1. The average Bonchev–Trinajstić information content (AvgIpc) is 3.24. The molecule has 2 aliphatic rings. The molecule has 4 atom stereocenters. The number of carbonyl (C=O) groups excluding carboxylic acids is 2. The van der Waals surface area contributed by atoms with E-state index in [0.29, 0.717) is 37.5 Å². The molecule has 2 saturated heterocycles. The quantitative estimate of drug-likeness (QED) is 0.475. The molecule has 8 nitrogen and oxygen atoms in total. The Morgan fingerprint density at radius 1 is 1.16 bits per heavy atom. The van der Waals surface area contributed by atoms with Crippen LogP contribution in [0.3, 0.4) is 0 Å². The van der Waals surface area contributed by atoms with Crippen LogP contribution in [0.5, 0.6) is 0 Å². The summed E-state index contributed by atoms with van der Waals surface area (Å²) in [6.45, 7) is 14.8. The molecule has 3 amide bonds. The monoisotopic (exact) mass is 549 g/mol. The Bertz CT molecular complexity index is 1040. The summed E-state index contributed by atoms with van der Waals surface area (Å²) < 4.78 is 0. The summed E-state index contributed by atoms with van der Waals surface area (Å²) in [6, 6.07) is 6.33. The van der Waals surface area contributed by atoms with E-state index >= 15 is 0 Å². The number of carboxylic acid groups (broad SMARTS) is 1. The molecule has 0 saturated carbocycles. The van der Waals surface area contributed by atoms with Crippen LogP contribution in [-0.2, 0) is 15.2 Å². The van der Waals surface area contributed by atoms with Gasteiger partial charge in [0.15, 0.2) is 0 Å². The number of halogens is 1. The van der Waals surface area contributed by atoms with Gasteiger partial charge in [-0.15, -0.1) is 0 Å². The third-order valence-electron chi connectivity index (χ3n) is 8.44. The van der Waals surface area contributed by atoms with Crippen molar-refractivity contribution in [3.05, 3.63) is 34.9 Å². The summed E-state index contributed by atoms with van der Waals surface area (Å²) in [4.78, 5) is 41.7. The summed E-state index contributed by atoms with van der Waals surface area (Å²) in [5.41, 5.74) is -1.21. The summed E-state index contributed by atoms with van der Waals surface area (Å²) in [6.07, 6.45) is 0.198. The first kappa shape index (κ1) is 30.2. The van der Waals surface area contributed by atoms with Gasteiger partial charge in [-0.3, -0.25) is 9.59 Å². The standard InChI is InChI=1S/C29H44ClN3O5/c1-18(2)24(31-23(34)15-19-14-22(27(3,4)5)33(16-19)26(36)37)25(35)32-13-12-29(38,28(6,7)17-32)20-8-10-21(30)11-9-20/h8-11,18-19,22,24,38H,12-17H2,1-7H3,(H,31,34)(H,36,37)/t19?,22?,24-,29+/m1/s1. The number of piperidine rings is 1. The van der Waals surface area contributed by atoms with Gasteiger partial charge in [0.1, 0.15) is 6.04 Å². The van der Waals surface area contributed by atoms with Crippen molar-refractivity contribution in [2.45, 2.75) is 85.4 Å². The lowest BCUT2D eigenvalue weighted by Gasteiger charge is -2.51. The topological polar surface area (TPSA) is 110 Å². The van der Waals surface area contributed by atoms with Crippen LogP contribution in [0.2, 0.25) is 5.02 Å². The molecule has 0 aromatic heterocycles. The van der Waals surface area contributed by atoms with Crippen LogP contribution in [0.15, 0.2) is 24.3 Å². The summed E-state index contributed by atoms with van der Waals surface area (Å²) in [5.74, 6) is -0.629. The van der Waals surface area contributed by atoms with Crippen LogP contribution < -0.4 is 5.32 Å². The maximum Gasteiger partial charge on any atom is 0.407 e. The zero-order valence-electron chi connectivity index (χ0n) is 23.8. The first-order chi connectivity index (χ1) is 17.5. The zero-order valence-corrected chi connectivity index (χ0v) is 24.5. The highest BCUT2D eigenvalue weighted by molar-refractivity contribution is 6.30. The van der Waals surface area contributed by atoms with Gasteiger partial charge in [0.2, 0.25) is 11.8 Å². The number of rotatable bonds is 6. The van der Waals surface area contributed by atoms with Crippen LogP contribution >= 0.6 is 11.6 Å². The molecule has 0 spiro atoms. The Kier molecular flexibility index (Phi) is 8.79. The number of carbonyl (C=O) groups is 3. The SMILES string of the molecule is CC(C)[C@@H](NC(=O)CC1CC(C(C)(C)C)N(C(=O)O)C1)C(=O)N1CC[C@](O)(c2ccc(Cl)cc2)C(C)(C)C1. The van der Waals surface area contributed by atoms with Crippen LogP contribution in [0.4, 0.5) is 4.79 Å². The number of likely N-dealkylation sites (tertiary alicyclic amines) is 2. The van der Waals surface area contributed by atoms with Gasteiger partial charge in [0.25, 0.3) is 0 Å². The van der Waals surface area contributed by atoms with Crippen molar-refractivity contribution in [2.75, 3.05) is 19.6 Å². The first-order valence-electron chi connectivity index (χ1n) is 13.5. The molecule has 0 radical (unpaired) electrons. The minimum absolute atomic E-state index is 0.0958. The Balaban J connectivity index is 1.67. The number of nitrogens with zero attached hydrogens (tertiary/aromatic N) is 2. The highest BCUT2D eigenvalue weighted by Gasteiger charge is 2.50. The molecule has 9 heteroatoms. The molecule has 3 rings (SSSR count). The van der Waals surface area contributed by atoms with E-state index in [2.05, 4.69) is 5.32 Å². The molecule has 3 N–H and O–H groups in total. The van der Waals surface area contributed by atoms with Crippen LogP contribution in [0.25, 0.3) is 0 Å². The van der Waals surface area contributed by atoms with E-state index in [1.807, 2.05) is 60.6 Å². The fraction of sp³-hybridized carbons (Fsp3) is 0.690. The van der Waals surface area contributed by atoms with Crippen molar-refractivity contribution in [2.24, 2.45) is 22.7 Å². The van der Waals surface area contributed by atoms with E-state index in [-0.39, 0.29) is 41.5 Å². The number of amides is 3.